The average Bonchev–Trinajstić information content (AvgIpc) is 3.37. The fourth-order valence-electron chi connectivity index (χ4n) is 5.33. The molecule has 39 heavy (non-hydrogen) atoms. The summed E-state index contributed by atoms with van der Waals surface area (Å²) < 4.78 is 55.2. The highest BCUT2D eigenvalue weighted by Gasteiger charge is 2.39. The van der Waals surface area contributed by atoms with Gasteiger partial charge in [0.05, 0.1) is 5.25 Å². The van der Waals surface area contributed by atoms with Gasteiger partial charge in [0, 0.05) is 17.8 Å². The summed E-state index contributed by atoms with van der Waals surface area (Å²) in [6, 6.07) is 1.36. The first-order chi connectivity index (χ1) is 18.7. The number of thiophene rings is 1. The van der Waals surface area contributed by atoms with E-state index < -0.39 is 25.1 Å². The topological polar surface area (TPSA) is 92.7 Å². The van der Waals surface area contributed by atoms with Crippen LogP contribution in [0.5, 0.6) is 0 Å². The van der Waals surface area contributed by atoms with Crippen LogP contribution in [-0.4, -0.2) is 34.8 Å². The molecule has 226 valence electrons. The number of nitrogens with zero attached hydrogens (tertiary/aromatic N) is 1. The molecule has 1 aliphatic rings. The molecule has 0 saturated carbocycles. The maximum absolute atomic E-state index is 12.8. The van der Waals surface area contributed by atoms with Crippen molar-refractivity contribution < 1.29 is 16.8 Å². The van der Waals surface area contributed by atoms with Crippen molar-refractivity contribution in [1.82, 2.24) is 5.32 Å². The van der Waals surface area contributed by atoms with Crippen LogP contribution in [0.15, 0.2) is 18.9 Å². The molecule has 0 radical (unpaired) electrons. The number of sulfonamides is 1. The number of rotatable bonds is 22. The van der Waals surface area contributed by atoms with Crippen molar-refractivity contribution in [2.45, 2.75) is 162 Å². The predicted octanol–water partition coefficient (Wildman–Crippen LogP) is 8.77. The maximum atomic E-state index is 12.8. The zero-order valence-corrected chi connectivity index (χ0v) is 27.2. The van der Waals surface area contributed by atoms with E-state index in [9.17, 15) is 16.8 Å². The molecule has 0 amide bonds. The molecule has 0 aromatic carbocycles. The molecule has 6 nitrogen and oxygen atoms in total. The van der Waals surface area contributed by atoms with Crippen LogP contribution < -0.4 is 5.32 Å². The molecular weight excluding hydrogens is 549 g/mol. The Balaban J connectivity index is 1.57. The molecule has 1 aliphatic heterocycles. The van der Waals surface area contributed by atoms with Crippen LogP contribution in [0.1, 0.15) is 154 Å². The van der Waals surface area contributed by atoms with Gasteiger partial charge in [-0.2, -0.15) is 12.8 Å². The molecule has 0 aliphatic carbocycles. The molecular formula is C30H54N2O4S3. The molecule has 0 saturated heterocycles. The van der Waals surface area contributed by atoms with E-state index in [4.69, 9.17) is 0 Å². The highest BCUT2D eigenvalue weighted by Crippen LogP contribution is 2.43. The van der Waals surface area contributed by atoms with Crippen LogP contribution in [0.25, 0.3) is 0 Å². The average molecular weight is 603 g/mol. The molecule has 0 spiro atoms. The van der Waals surface area contributed by atoms with Gasteiger partial charge in [0.2, 0.25) is 0 Å². The minimum absolute atomic E-state index is 0.0201. The summed E-state index contributed by atoms with van der Waals surface area (Å²) in [7, 11) is -7.39. The maximum Gasteiger partial charge on any atom is 0.291 e. The van der Waals surface area contributed by atoms with Gasteiger partial charge in [-0.05, 0) is 38.8 Å². The number of fused-ring (bicyclic) bond motifs is 1. The zero-order chi connectivity index (χ0) is 28.6. The highest BCUT2D eigenvalue weighted by atomic mass is 32.3. The largest absolute Gasteiger partial charge is 0.310 e. The van der Waals surface area contributed by atoms with Crippen molar-refractivity contribution in [1.29, 1.82) is 0 Å². The first kappa shape index (κ1) is 34.4. The van der Waals surface area contributed by atoms with Gasteiger partial charge < -0.3 is 5.32 Å². The summed E-state index contributed by atoms with van der Waals surface area (Å²) in [5.74, 6) is 0. The summed E-state index contributed by atoms with van der Waals surface area (Å²) >= 11 is 0.843. The molecule has 0 fully saturated rings. The van der Waals surface area contributed by atoms with E-state index in [0.29, 0.717) is 24.9 Å². The molecule has 2 heterocycles. The van der Waals surface area contributed by atoms with Crippen LogP contribution in [0.4, 0.5) is 0 Å². The lowest BCUT2D eigenvalue weighted by Gasteiger charge is -2.27. The minimum Gasteiger partial charge on any atom is -0.310 e. The summed E-state index contributed by atoms with van der Waals surface area (Å²) in [6.45, 7) is 6.60. The first-order valence-corrected chi connectivity index (χ1v) is 19.4. The van der Waals surface area contributed by atoms with Gasteiger partial charge in [0.15, 0.2) is 9.84 Å². The quantitative estimate of drug-likeness (QED) is 0.106. The van der Waals surface area contributed by atoms with Crippen molar-refractivity contribution in [2.75, 3.05) is 6.54 Å². The van der Waals surface area contributed by atoms with E-state index in [1.54, 1.807) is 6.92 Å². The minimum atomic E-state index is -3.89. The van der Waals surface area contributed by atoms with Gasteiger partial charge in [-0.1, -0.05) is 117 Å². The normalized spacial score (nSPS) is 19.1. The van der Waals surface area contributed by atoms with Crippen molar-refractivity contribution in [3.05, 3.63) is 11.6 Å². The lowest BCUT2D eigenvalue weighted by molar-refractivity contribution is 0.477. The van der Waals surface area contributed by atoms with Gasteiger partial charge in [0.1, 0.15) is 8.42 Å². The lowest BCUT2D eigenvalue weighted by Crippen LogP contribution is -2.33. The molecule has 0 unspecified atom stereocenters. The van der Waals surface area contributed by atoms with Crippen LogP contribution >= 0.6 is 11.3 Å². The molecule has 2 rings (SSSR count). The van der Waals surface area contributed by atoms with E-state index in [1.807, 2.05) is 6.92 Å². The van der Waals surface area contributed by atoms with Gasteiger partial charge in [-0.3, -0.25) is 0 Å². The standard InChI is InChI=1S/C30H54N2O4S3/c1-4-6-7-8-9-10-11-12-13-14-15-16-17-18-19-20-21-22-23-32-39(35,36)29-25-27-28(31-5-2)24-26(3)38(33,34)30(27)37-29/h23,25-26,28,31H,4-22,24H2,1-3H3/t26-,28-/m0/s1. The number of hydrogen-bond donors (Lipinski definition) is 1. The third-order valence-electron chi connectivity index (χ3n) is 7.79. The Hall–Kier alpha value is -0.770. The third kappa shape index (κ3) is 11.9. The van der Waals surface area contributed by atoms with Crippen LogP contribution in [0.2, 0.25) is 0 Å². The Labute approximate surface area is 243 Å². The van der Waals surface area contributed by atoms with E-state index in [-0.39, 0.29) is 14.5 Å². The van der Waals surface area contributed by atoms with Gasteiger partial charge in [-0.15, -0.1) is 11.3 Å². The van der Waals surface area contributed by atoms with Crippen molar-refractivity contribution >= 4 is 37.4 Å². The van der Waals surface area contributed by atoms with Gasteiger partial charge >= 0.3 is 0 Å². The number of nitrogens with one attached hydrogen (secondary N) is 1. The summed E-state index contributed by atoms with van der Waals surface area (Å²) in [6.07, 6.45) is 24.9. The predicted molar refractivity (Wildman–Crippen MR) is 166 cm³/mol. The van der Waals surface area contributed by atoms with E-state index >= 15 is 0 Å². The van der Waals surface area contributed by atoms with Crippen molar-refractivity contribution in [2.24, 2.45) is 4.40 Å². The van der Waals surface area contributed by atoms with Crippen LogP contribution in [0.3, 0.4) is 0 Å². The molecule has 1 N–H and O–H groups in total. The summed E-state index contributed by atoms with van der Waals surface area (Å²) in [5.41, 5.74) is 0.571. The first-order valence-electron chi connectivity index (χ1n) is 15.6. The number of unbranched alkanes of at least 4 members (excludes halogenated alkanes) is 17. The zero-order valence-electron chi connectivity index (χ0n) is 24.8. The SMILES string of the molecule is CCCCCCCCCCCCCCCCCCCC=NS(=O)(=O)c1cc2c(s1)S(=O)(=O)[C@@H](C)C[C@@H]2NCC. The van der Waals surface area contributed by atoms with E-state index in [2.05, 4.69) is 16.6 Å². The van der Waals surface area contributed by atoms with Gasteiger partial charge in [-0.25, -0.2) is 8.42 Å². The van der Waals surface area contributed by atoms with Crippen LogP contribution in [0, 0.1) is 0 Å². The molecule has 0 bridgehead atoms. The Bertz CT molecular complexity index is 1050. The smallest absolute Gasteiger partial charge is 0.291 e. The fraction of sp³-hybridized carbons (Fsp3) is 0.833. The Kier molecular flexibility index (Phi) is 16.4. The lowest BCUT2D eigenvalue weighted by atomic mass is 10.0. The fourth-order valence-corrected chi connectivity index (χ4v) is 10.2. The third-order valence-corrected chi connectivity index (χ3v) is 13.4. The van der Waals surface area contributed by atoms with Crippen LogP contribution in [-0.2, 0) is 19.9 Å². The van der Waals surface area contributed by atoms with Crippen molar-refractivity contribution in [3.63, 3.8) is 0 Å². The Morgan fingerprint density at radius 1 is 0.872 bits per heavy atom. The summed E-state index contributed by atoms with van der Waals surface area (Å²) in [4.78, 5) is 0. The van der Waals surface area contributed by atoms with Crippen molar-refractivity contribution in [3.8, 4) is 0 Å². The monoisotopic (exact) mass is 602 g/mol. The molecule has 9 heteroatoms. The second kappa shape index (κ2) is 18.6. The van der Waals surface area contributed by atoms with Gasteiger partial charge in [0.25, 0.3) is 10.0 Å². The Morgan fingerprint density at radius 2 is 1.36 bits per heavy atom. The summed E-state index contributed by atoms with van der Waals surface area (Å²) in [5, 5.41) is 2.75. The molecule has 1 aromatic rings. The van der Waals surface area contributed by atoms with E-state index in [1.165, 1.54) is 109 Å². The van der Waals surface area contributed by atoms with E-state index in [0.717, 1.165) is 24.2 Å². The number of hydrogen-bond acceptors (Lipinski definition) is 6. The second-order valence-corrected chi connectivity index (χ2v) is 16.7. The Morgan fingerprint density at radius 3 is 1.85 bits per heavy atom. The molecule has 1 aromatic heterocycles. The number of sulfone groups is 1. The second-order valence-electron chi connectivity index (χ2n) is 11.2. The highest BCUT2D eigenvalue weighted by molar-refractivity contribution is 7.96. The molecule has 2 atom stereocenters.